The molecule has 2 rings (SSSR count). The lowest BCUT2D eigenvalue weighted by atomic mass is 9.70. The molecule has 88 valence electrons. The van der Waals surface area contributed by atoms with Crippen LogP contribution in [-0.4, -0.2) is 5.16 Å². The zero-order valence-corrected chi connectivity index (χ0v) is 11.7. The van der Waals surface area contributed by atoms with Gasteiger partial charge in [-0.15, -0.1) is 9.24 Å². The third kappa shape index (κ3) is 2.26. The molecule has 2 aliphatic rings. The maximum absolute atomic E-state index is 3.30. The lowest BCUT2D eigenvalue weighted by Gasteiger charge is -2.45. The Labute approximate surface area is 97.8 Å². The minimum atomic E-state index is 0.569. The van der Waals surface area contributed by atoms with E-state index in [1.54, 1.807) is 0 Å². The minimum Gasteiger partial charge on any atom is -0.131 e. The van der Waals surface area contributed by atoms with Crippen molar-refractivity contribution < 1.29 is 0 Å². The Morgan fingerprint density at radius 1 is 1.00 bits per heavy atom. The highest BCUT2D eigenvalue weighted by molar-refractivity contribution is 7.19. The van der Waals surface area contributed by atoms with E-state index in [0.29, 0.717) is 10.6 Å². The fourth-order valence-electron chi connectivity index (χ4n) is 3.96. The van der Waals surface area contributed by atoms with E-state index in [1.807, 2.05) is 0 Å². The molecular formula is C14H27P. The molecule has 0 spiro atoms. The van der Waals surface area contributed by atoms with Crippen molar-refractivity contribution in [2.45, 2.75) is 76.8 Å². The van der Waals surface area contributed by atoms with Gasteiger partial charge >= 0.3 is 0 Å². The fourth-order valence-corrected chi connectivity index (χ4v) is 4.86. The van der Waals surface area contributed by atoms with Gasteiger partial charge in [0.25, 0.3) is 0 Å². The highest BCUT2D eigenvalue weighted by Gasteiger charge is 2.46. The molecule has 0 N–H and O–H groups in total. The SMILES string of the molecule is CC1CCCCC(P)(C2(C)CCCC2)C1. The summed E-state index contributed by atoms with van der Waals surface area (Å²) >= 11 is 0. The summed E-state index contributed by atoms with van der Waals surface area (Å²) in [6, 6.07) is 0. The second-order valence-electron chi connectivity index (χ2n) is 6.48. The van der Waals surface area contributed by atoms with Crippen LogP contribution in [0.2, 0.25) is 0 Å². The van der Waals surface area contributed by atoms with E-state index in [2.05, 4.69) is 23.1 Å². The Bertz CT molecular complexity index is 217. The van der Waals surface area contributed by atoms with Crippen LogP contribution in [0.25, 0.3) is 0 Å². The van der Waals surface area contributed by atoms with E-state index >= 15 is 0 Å². The molecule has 0 bridgehead atoms. The van der Waals surface area contributed by atoms with Gasteiger partial charge in [0, 0.05) is 0 Å². The first-order valence-corrected chi connectivity index (χ1v) is 7.42. The van der Waals surface area contributed by atoms with Crippen LogP contribution in [0.5, 0.6) is 0 Å². The van der Waals surface area contributed by atoms with Crippen LogP contribution in [0.4, 0.5) is 0 Å². The Kier molecular flexibility index (Phi) is 3.46. The predicted octanol–water partition coefficient (Wildman–Crippen LogP) is 4.78. The van der Waals surface area contributed by atoms with Gasteiger partial charge in [-0.25, -0.2) is 0 Å². The topological polar surface area (TPSA) is 0 Å². The molecule has 0 amide bonds. The summed E-state index contributed by atoms with van der Waals surface area (Å²) in [6.45, 7) is 5.02. The summed E-state index contributed by atoms with van der Waals surface area (Å²) in [7, 11) is 3.30. The summed E-state index contributed by atoms with van der Waals surface area (Å²) in [6.07, 6.45) is 13.2. The van der Waals surface area contributed by atoms with Gasteiger partial charge in [0.1, 0.15) is 0 Å². The normalized spacial score (nSPS) is 41.4. The molecular weight excluding hydrogens is 199 g/mol. The smallest absolute Gasteiger partial charge is 0.00940 e. The Morgan fingerprint density at radius 2 is 1.60 bits per heavy atom. The third-order valence-corrected chi connectivity index (χ3v) is 6.41. The molecule has 1 heteroatoms. The van der Waals surface area contributed by atoms with E-state index in [4.69, 9.17) is 0 Å². The number of rotatable bonds is 1. The second kappa shape index (κ2) is 4.36. The van der Waals surface area contributed by atoms with Crippen LogP contribution < -0.4 is 0 Å². The Hall–Kier alpha value is 0.430. The summed E-state index contributed by atoms with van der Waals surface area (Å²) < 4.78 is 0. The van der Waals surface area contributed by atoms with Gasteiger partial charge in [0.2, 0.25) is 0 Å². The lowest BCUT2D eigenvalue weighted by molar-refractivity contribution is 0.192. The van der Waals surface area contributed by atoms with Crippen molar-refractivity contribution in [1.29, 1.82) is 0 Å². The van der Waals surface area contributed by atoms with Crippen LogP contribution in [-0.2, 0) is 0 Å². The predicted molar refractivity (Wildman–Crippen MR) is 71.3 cm³/mol. The highest BCUT2D eigenvalue weighted by Crippen LogP contribution is 2.56. The van der Waals surface area contributed by atoms with Gasteiger partial charge in [-0.1, -0.05) is 46.0 Å². The molecule has 3 atom stereocenters. The molecule has 3 unspecified atom stereocenters. The fraction of sp³-hybridized carbons (Fsp3) is 1.00. The molecule has 0 nitrogen and oxygen atoms in total. The molecule has 0 aliphatic heterocycles. The van der Waals surface area contributed by atoms with Crippen molar-refractivity contribution in [3.63, 3.8) is 0 Å². The van der Waals surface area contributed by atoms with Crippen LogP contribution in [0.15, 0.2) is 0 Å². The van der Waals surface area contributed by atoms with Gasteiger partial charge in [-0.2, -0.15) is 0 Å². The first-order valence-electron chi connectivity index (χ1n) is 6.85. The van der Waals surface area contributed by atoms with Crippen LogP contribution in [0.3, 0.4) is 0 Å². The molecule has 2 saturated carbocycles. The van der Waals surface area contributed by atoms with Crippen molar-refractivity contribution in [3.05, 3.63) is 0 Å². The van der Waals surface area contributed by atoms with Crippen LogP contribution in [0.1, 0.15) is 71.6 Å². The zero-order chi connectivity index (χ0) is 10.9. The van der Waals surface area contributed by atoms with E-state index in [9.17, 15) is 0 Å². The van der Waals surface area contributed by atoms with E-state index in [0.717, 1.165) is 5.92 Å². The average Bonchev–Trinajstić information content (AvgIpc) is 2.54. The van der Waals surface area contributed by atoms with Crippen molar-refractivity contribution in [2.75, 3.05) is 0 Å². The quantitative estimate of drug-likeness (QED) is 0.446. The van der Waals surface area contributed by atoms with Gasteiger partial charge in [-0.3, -0.25) is 0 Å². The average molecular weight is 226 g/mol. The van der Waals surface area contributed by atoms with Crippen LogP contribution in [0, 0.1) is 11.3 Å². The summed E-state index contributed by atoms with van der Waals surface area (Å²) in [5.41, 5.74) is 0.635. The van der Waals surface area contributed by atoms with E-state index < -0.39 is 0 Å². The second-order valence-corrected chi connectivity index (χ2v) is 7.58. The maximum Gasteiger partial charge on any atom is -0.00940 e. The van der Waals surface area contributed by atoms with Gasteiger partial charge in [0.05, 0.1) is 0 Å². The molecule has 15 heavy (non-hydrogen) atoms. The standard InChI is InChI=1S/C14H27P/c1-12-7-3-4-10-14(15,11-12)13(2)8-5-6-9-13/h12H,3-11,15H2,1-2H3. The maximum atomic E-state index is 3.30. The first-order chi connectivity index (χ1) is 7.06. The van der Waals surface area contributed by atoms with Gasteiger partial charge in [-0.05, 0) is 42.2 Å². The molecule has 2 aliphatic carbocycles. The van der Waals surface area contributed by atoms with Crippen molar-refractivity contribution in [3.8, 4) is 0 Å². The number of hydrogen-bond acceptors (Lipinski definition) is 0. The third-order valence-electron chi connectivity index (χ3n) is 5.19. The van der Waals surface area contributed by atoms with E-state index in [1.165, 1.54) is 57.8 Å². The van der Waals surface area contributed by atoms with Gasteiger partial charge < -0.3 is 0 Å². The molecule has 0 aromatic rings. The summed E-state index contributed by atoms with van der Waals surface area (Å²) in [5.74, 6) is 0.947. The Morgan fingerprint density at radius 3 is 2.27 bits per heavy atom. The molecule has 0 radical (unpaired) electrons. The highest BCUT2D eigenvalue weighted by atomic mass is 31.0. The number of hydrogen-bond donors (Lipinski definition) is 0. The Balaban J connectivity index is 2.15. The van der Waals surface area contributed by atoms with Gasteiger partial charge in [0.15, 0.2) is 0 Å². The van der Waals surface area contributed by atoms with Crippen molar-refractivity contribution in [2.24, 2.45) is 11.3 Å². The molecule has 0 aromatic carbocycles. The zero-order valence-electron chi connectivity index (χ0n) is 10.5. The van der Waals surface area contributed by atoms with E-state index in [-0.39, 0.29) is 0 Å². The molecule has 0 saturated heterocycles. The minimum absolute atomic E-state index is 0.569. The largest absolute Gasteiger partial charge is 0.131 e. The van der Waals surface area contributed by atoms with Crippen LogP contribution >= 0.6 is 9.24 Å². The first kappa shape index (κ1) is 11.9. The molecule has 0 aromatic heterocycles. The lowest BCUT2D eigenvalue weighted by Crippen LogP contribution is -2.39. The summed E-state index contributed by atoms with van der Waals surface area (Å²) in [4.78, 5) is 0. The molecule has 0 heterocycles. The molecule has 2 fully saturated rings. The van der Waals surface area contributed by atoms with Crippen molar-refractivity contribution >= 4 is 9.24 Å². The monoisotopic (exact) mass is 226 g/mol. The summed E-state index contributed by atoms with van der Waals surface area (Å²) in [5, 5.41) is 0.569. The van der Waals surface area contributed by atoms with Crippen molar-refractivity contribution in [1.82, 2.24) is 0 Å².